The summed E-state index contributed by atoms with van der Waals surface area (Å²) in [6.45, 7) is 1.63. The largest absolute Gasteiger partial charge is 0.478 e. The molecule has 102 valence electrons. The zero-order valence-electron chi connectivity index (χ0n) is 10.7. The highest BCUT2D eigenvalue weighted by atomic mass is 19.1. The van der Waals surface area contributed by atoms with Gasteiger partial charge in [-0.05, 0) is 47.9 Å². The van der Waals surface area contributed by atoms with E-state index in [-0.39, 0.29) is 0 Å². The van der Waals surface area contributed by atoms with Gasteiger partial charge in [0.1, 0.15) is 11.6 Å². The molecule has 0 heterocycles. The van der Waals surface area contributed by atoms with Gasteiger partial charge < -0.3 is 5.11 Å². The van der Waals surface area contributed by atoms with Gasteiger partial charge in [0.15, 0.2) is 0 Å². The molecule has 2 rings (SSSR count). The molecule has 1 N–H and O–H groups in total. The third-order valence-electron chi connectivity index (χ3n) is 2.92. The van der Waals surface area contributed by atoms with Crippen LogP contribution in [0.1, 0.15) is 12.5 Å². The first-order valence-electron chi connectivity index (χ1n) is 5.94. The van der Waals surface area contributed by atoms with Gasteiger partial charge in [0.05, 0.1) is 0 Å². The molecule has 2 aromatic rings. The fourth-order valence-corrected chi connectivity index (χ4v) is 1.89. The molecule has 0 atom stereocenters. The van der Waals surface area contributed by atoms with Crippen molar-refractivity contribution in [2.75, 3.05) is 0 Å². The normalized spacial score (nSPS) is 11.4. The Bertz CT molecular complexity index is 673. The van der Waals surface area contributed by atoms with Crippen molar-refractivity contribution < 1.29 is 18.7 Å². The van der Waals surface area contributed by atoms with Crippen molar-refractivity contribution in [1.82, 2.24) is 0 Å². The number of allylic oxidation sites excluding steroid dienone is 1. The third kappa shape index (κ3) is 3.09. The summed E-state index contributed by atoms with van der Waals surface area (Å²) < 4.78 is 26.7. The maximum absolute atomic E-state index is 13.9. The van der Waals surface area contributed by atoms with E-state index in [0.29, 0.717) is 22.3 Å². The minimum Gasteiger partial charge on any atom is -0.478 e. The first kappa shape index (κ1) is 13.9. The van der Waals surface area contributed by atoms with Crippen LogP contribution in [-0.4, -0.2) is 11.1 Å². The van der Waals surface area contributed by atoms with Crippen LogP contribution in [0.2, 0.25) is 0 Å². The van der Waals surface area contributed by atoms with Crippen LogP contribution in [0.5, 0.6) is 0 Å². The van der Waals surface area contributed by atoms with Crippen LogP contribution in [0.15, 0.2) is 48.5 Å². The van der Waals surface area contributed by atoms with Crippen molar-refractivity contribution in [3.8, 4) is 11.1 Å². The Morgan fingerprint density at radius 1 is 1.10 bits per heavy atom. The van der Waals surface area contributed by atoms with Crippen molar-refractivity contribution in [1.29, 1.82) is 0 Å². The van der Waals surface area contributed by atoms with E-state index in [2.05, 4.69) is 0 Å². The molecule has 0 saturated heterocycles. The molecule has 0 radical (unpaired) electrons. The number of carboxylic acids is 1. The lowest BCUT2D eigenvalue weighted by Gasteiger charge is -2.07. The molecule has 0 saturated carbocycles. The number of carboxylic acid groups (broad SMARTS) is 1. The number of aliphatic carboxylic acids is 1. The first-order valence-corrected chi connectivity index (χ1v) is 5.94. The fraction of sp³-hybridized carbons (Fsp3) is 0.0625. The van der Waals surface area contributed by atoms with Gasteiger partial charge in [0.25, 0.3) is 0 Å². The Hall–Kier alpha value is -2.49. The molecule has 0 amide bonds. The predicted molar refractivity (Wildman–Crippen MR) is 73.1 cm³/mol. The Morgan fingerprint density at radius 3 is 2.35 bits per heavy atom. The van der Waals surface area contributed by atoms with E-state index >= 15 is 0 Å². The summed E-state index contributed by atoms with van der Waals surface area (Å²) in [5.41, 5.74) is 1.96. The minimum atomic E-state index is -1.06. The maximum atomic E-state index is 13.9. The molecular weight excluding hydrogens is 262 g/mol. The predicted octanol–water partition coefficient (Wildman–Crippen LogP) is 4.12. The van der Waals surface area contributed by atoms with Gasteiger partial charge in [0.2, 0.25) is 0 Å². The van der Waals surface area contributed by atoms with Gasteiger partial charge in [-0.15, -0.1) is 0 Å². The standard InChI is InChI=1S/C16H12F2O2/c1-10(8-16(19)20)12-4-7-15(18)14(9-12)11-2-5-13(17)6-3-11/h2-9H,1H3,(H,19,20)/b10-8+. The summed E-state index contributed by atoms with van der Waals surface area (Å²) in [6.07, 6.45) is 1.06. The molecule has 0 aliphatic heterocycles. The van der Waals surface area contributed by atoms with Crippen LogP contribution in [0.4, 0.5) is 8.78 Å². The average molecular weight is 274 g/mol. The second-order valence-corrected chi connectivity index (χ2v) is 4.37. The third-order valence-corrected chi connectivity index (χ3v) is 2.92. The van der Waals surface area contributed by atoms with Crippen LogP contribution in [0.25, 0.3) is 16.7 Å². The number of carbonyl (C=O) groups is 1. The van der Waals surface area contributed by atoms with E-state index < -0.39 is 17.6 Å². The lowest BCUT2D eigenvalue weighted by Crippen LogP contribution is -1.92. The lowest BCUT2D eigenvalue weighted by atomic mass is 9.99. The van der Waals surface area contributed by atoms with Crippen molar-refractivity contribution in [3.63, 3.8) is 0 Å². The van der Waals surface area contributed by atoms with E-state index in [1.54, 1.807) is 13.0 Å². The number of hydrogen-bond acceptors (Lipinski definition) is 1. The number of benzene rings is 2. The smallest absolute Gasteiger partial charge is 0.328 e. The average Bonchev–Trinajstić information content (AvgIpc) is 2.39. The molecular formula is C16H12F2O2. The van der Waals surface area contributed by atoms with Crippen LogP contribution in [-0.2, 0) is 4.79 Å². The Morgan fingerprint density at radius 2 is 1.75 bits per heavy atom. The number of hydrogen-bond donors (Lipinski definition) is 1. The van der Waals surface area contributed by atoms with E-state index in [1.807, 2.05) is 0 Å². The summed E-state index contributed by atoms with van der Waals surface area (Å²) in [7, 11) is 0. The zero-order chi connectivity index (χ0) is 14.7. The molecule has 2 aromatic carbocycles. The van der Waals surface area contributed by atoms with Gasteiger partial charge in [-0.3, -0.25) is 0 Å². The Kier molecular flexibility index (Phi) is 3.94. The van der Waals surface area contributed by atoms with E-state index in [1.165, 1.54) is 36.4 Å². The van der Waals surface area contributed by atoms with Crippen LogP contribution in [0, 0.1) is 11.6 Å². The molecule has 0 aromatic heterocycles. The summed E-state index contributed by atoms with van der Waals surface area (Å²) in [4.78, 5) is 10.7. The van der Waals surface area contributed by atoms with Gasteiger partial charge >= 0.3 is 5.97 Å². The van der Waals surface area contributed by atoms with E-state index in [0.717, 1.165) is 6.08 Å². The summed E-state index contributed by atoms with van der Waals surface area (Å²) in [6, 6.07) is 9.80. The molecule has 0 bridgehead atoms. The molecule has 0 fully saturated rings. The summed E-state index contributed by atoms with van der Waals surface area (Å²) >= 11 is 0. The van der Waals surface area contributed by atoms with Crippen LogP contribution in [0.3, 0.4) is 0 Å². The minimum absolute atomic E-state index is 0.306. The second kappa shape index (κ2) is 5.65. The van der Waals surface area contributed by atoms with E-state index in [9.17, 15) is 13.6 Å². The van der Waals surface area contributed by atoms with Gasteiger partial charge in [-0.25, -0.2) is 13.6 Å². The highest BCUT2D eigenvalue weighted by Gasteiger charge is 2.08. The van der Waals surface area contributed by atoms with Gasteiger partial charge in [-0.2, -0.15) is 0 Å². The molecule has 2 nitrogen and oxygen atoms in total. The molecule has 0 spiro atoms. The Labute approximate surface area is 115 Å². The summed E-state index contributed by atoms with van der Waals surface area (Å²) in [5, 5.41) is 8.72. The first-order chi connectivity index (χ1) is 9.47. The zero-order valence-corrected chi connectivity index (χ0v) is 10.7. The lowest BCUT2D eigenvalue weighted by molar-refractivity contribution is -0.131. The monoisotopic (exact) mass is 274 g/mol. The second-order valence-electron chi connectivity index (χ2n) is 4.37. The SMILES string of the molecule is C/C(=C\C(=O)O)c1ccc(F)c(-c2ccc(F)cc2)c1. The van der Waals surface area contributed by atoms with Crippen LogP contribution < -0.4 is 0 Å². The van der Waals surface area contributed by atoms with Crippen molar-refractivity contribution >= 4 is 11.5 Å². The van der Waals surface area contributed by atoms with Crippen LogP contribution >= 0.6 is 0 Å². The van der Waals surface area contributed by atoms with Crippen molar-refractivity contribution in [2.24, 2.45) is 0 Å². The number of halogens is 2. The molecule has 0 aliphatic carbocycles. The quantitative estimate of drug-likeness (QED) is 0.855. The highest BCUT2D eigenvalue weighted by molar-refractivity contribution is 5.90. The highest BCUT2D eigenvalue weighted by Crippen LogP contribution is 2.26. The van der Waals surface area contributed by atoms with E-state index in [4.69, 9.17) is 5.11 Å². The molecule has 0 unspecified atom stereocenters. The van der Waals surface area contributed by atoms with Crippen molar-refractivity contribution in [3.05, 3.63) is 65.7 Å². The molecule has 20 heavy (non-hydrogen) atoms. The number of rotatable bonds is 3. The topological polar surface area (TPSA) is 37.3 Å². The van der Waals surface area contributed by atoms with Gasteiger partial charge in [-0.1, -0.05) is 18.2 Å². The van der Waals surface area contributed by atoms with Gasteiger partial charge in [0, 0.05) is 11.6 Å². The molecule has 4 heteroatoms. The maximum Gasteiger partial charge on any atom is 0.328 e. The molecule has 0 aliphatic rings. The van der Waals surface area contributed by atoms with Crippen molar-refractivity contribution in [2.45, 2.75) is 6.92 Å². The summed E-state index contributed by atoms with van der Waals surface area (Å²) in [5.74, 6) is -1.90. The Balaban J connectivity index is 2.49. The fourth-order valence-electron chi connectivity index (χ4n) is 1.89.